The van der Waals surface area contributed by atoms with Crippen molar-refractivity contribution < 1.29 is 17.6 Å². The molecule has 0 saturated heterocycles. The Kier molecular flexibility index (Phi) is 4.22. The minimum absolute atomic E-state index is 0.0125. The molecule has 2 saturated carbocycles. The first-order valence-electron chi connectivity index (χ1n) is 7.08. The van der Waals surface area contributed by atoms with E-state index in [2.05, 4.69) is 6.92 Å². The zero-order valence-corrected chi connectivity index (χ0v) is 10.8. The van der Waals surface area contributed by atoms with Gasteiger partial charge in [-0.1, -0.05) is 19.8 Å². The average Bonchev–Trinajstić information content (AvgIpc) is 2.28. The minimum atomic E-state index is -4.36. The van der Waals surface area contributed by atoms with Crippen LogP contribution >= 0.6 is 0 Å². The van der Waals surface area contributed by atoms with Crippen molar-refractivity contribution in [3.63, 3.8) is 0 Å². The highest BCUT2D eigenvalue weighted by molar-refractivity contribution is 4.88. The molecule has 2 rings (SSSR count). The zero-order chi connectivity index (χ0) is 13.3. The van der Waals surface area contributed by atoms with Crippen LogP contribution < -0.4 is 0 Å². The highest BCUT2D eigenvalue weighted by Gasteiger charge is 2.48. The Morgan fingerprint density at radius 3 is 1.89 bits per heavy atom. The summed E-state index contributed by atoms with van der Waals surface area (Å²) in [5, 5.41) is 0. The lowest BCUT2D eigenvalue weighted by atomic mass is 9.69. The fourth-order valence-corrected chi connectivity index (χ4v) is 3.70. The van der Waals surface area contributed by atoms with E-state index in [1.165, 1.54) is 0 Å². The lowest BCUT2D eigenvalue weighted by Gasteiger charge is -2.39. The van der Waals surface area contributed by atoms with Crippen LogP contribution in [0.15, 0.2) is 0 Å². The molecule has 3 unspecified atom stereocenters. The maximum absolute atomic E-state index is 13.7. The van der Waals surface area contributed by atoms with Gasteiger partial charge in [-0.15, -0.1) is 0 Å². The fraction of sp³-hybridized carbons (Fsp3) is 1.00. The number of alkyl halides is 4. The predicted molar refractivity (Wildman–Crippen MR) is 62.9 cm³/mol. The van der Waals surface area contributed by atoms with Crippen molar-refractivity contribution in [3.8, 4) is 0 Å². The predicted octanol–water partition coefficient (Wildman–Crippen LogP) is 5.13. The second-order valence-electron chi connectivity index (χ2n) is 6.26. The van der Waals surface area contributed by atoms with Crippen LogP contribution in [0.2, 0.25) is 0 Å². The van der Waals surface area contributed by atoms with E-state index in [0.29, 0.717) is 12.3 Å². The molecule has 0 amide bonds. The topological polar surface area (TPSA) is 0 Å². The van der Waals surface area contributed by atoms with Crippen LogP contribution in [0.4, 0.5) is 17.6 Å². The Labute approximate surface area is 106 Å². The minimum Gasteiger partial charge on any atom is -0.247 e. The average molecular weight is 266 g/mol. The molecular weight excluding hydrogens is 244 g/mol. The van der Waals surface area contributed by atoms with Gasteiger partial charge in [-0.25, -0.2) is 4.39 Å². The van der Waals surface area contributed by atoms with Gasteiger partial charge < -0.3 is 0 Å². The summed E-state index contributed by atoms with van der Waals surface area (Å²) in [5.74, 6) is -0.329. The van der Waals surface area contributed by atoms with E-state index in [0.717, 1.165) is 31.6 Å². The monoisotopic (exact) mass is 266 g/mol. The van der Waals surface area contributed by atoms with Crippen molar-refractivity contribution in [2.45, 2.75) is 64.2 Å². The molecular formula is C14H22F4. The Morgan fingerprint density at radius 1 is 0.833 bits per heavy atom. The lowest BCUT2D eigenvalue weighted by molar-refractivity contribution is -0.202. The third kappa shape index (κ3) is 3.18. The van der Waals surface area contributed by atoms with Crippen molar-refractivity contribution in [1.29, 1.82) is 0 Å². The van der Waals surface area contributed by atoms with Crippen LogP contribution in [0.1, 0.15) is 51.9 Å². The second-order valence-corrected chi connectivity index (χ2v) is 6.26. The van der Waals surface area contributed by atoms with E-state index in [-0.39, 0.29) is 18.8 Å². The maximum atomic E-state index is 13.7. The van der Waals surface area contributed by atoms with Gasteiger partial charge in [0.05, 0.1) is 5.92 Å². The highest BCUT2D eigenvalue weighted by Crippen LogP contribution is 2.46. The van der Waals surface area contributed by atoms with Gasteiger partial charge in [-0.3, -0.25) is 0 Å². The zero-order valence-electron chi connectivity index (χ0n) is 10.8. The molecule has 2 aliphatic rings. The van der Waals surface area contributed by atoms with Gasteiger partial charge in [0, 0.05) is 0 Å². The van der Waals surface area contributed by atoms with E-state index in [4.69, 9.17) is 0 Å². The first-order valence-corrected chi connectivity index (χ1v) is 7.08. The van der Waals surface area contributed by atoms with Gasteiger partial charge in [0.1, 0.15) is 6.17 Å². The first-order chi connectivity index (χ1) is 8.38. The number of hydrogen-bond donors (Lipinski definition) is 0. The molecule has 0 nitrogen and oxygen atoms in total. The summed E-state index contributed by atoms with van der Waals surface area (Å²) in [6, 6.07) is 0. The summed E-state index contributed by atoms with van der Waals surface area (Å²) in [6.45, 7) is 2.22. The summed E-state index contributed by atoms with van der Waals surface area (Å²) in [6.07, 6.45) is -0.894. The molecule has 0 aromatic carbocycles. The molecule has 2 fully saturated rings. The molecule has 0 radical (unpaired) electrons. The van der Waals surface area contributed by atoms with Crippen LogP contribution in [0.3, 0.4) is 0 Å². The van der Waals surface area contributed by atoms with Crippen molar-refractivity contribution in [3.05, 3.63) is 0 Å². The van der Waals surface area contributed by atoms with Crippen LogP contribution in [-0.4, -0.2) is 12.3 Å². The summed E-state index contributed by atoms with van der Waals surface area (Å²) < 4.78 is 51.4. The van der Waals surface area contributed by atoms with Gasteiger partial charge >= 0.3 is 6.18 Å². The van der Waals surface area contributed by atoms with Crippen molar-refractivity contribution in [1.82, 2.24) is 0 Å². The molecule has 0 aliphatic heterocycles. The number of hydrogen-bond acceptors (Lipinski definition) is 0. The highest BCUT2D eigenvalue weighted by atomic mass is 19.4. The van der Waals surface area contributed by atoms with Crippen LogP contribution in [0, 0.1) is 23.7 Å². The fourth-order valence-electron chi connectivity index (χ4n) is 3.70. The Morgan fingerprint density at radius 2 is 1.39 bits per heavy atom. The largest absolute Gasteiger partial charge is 0.394 e. The molecule has 0 aromatic rings. The van der Waals surface area contributed by atoms with Crippen molar-refractivity contribution >= 4 is 0 Å². The molecule has 18 heavy (non-hydrogen) atoms. The smallest absolute Gasteiger partial charge is 0.247 e. The molecule has 3 atom stereocenters. The summed E-state index contributed by atoms with van der Waals surface area (Å²) in [4.78, 5) is 0. The van der Waals surface area contributed by atoms with Gasteiger partial charge in [-0.05, 0) is 49.9 Å². The standard InChI is InChI=1S/C14H22F4/c1-9-2-4-10(5-3-9)11-6-7-12(13(15)8-11)14(16,17)18/h9-13H,2-8H2,1H3. The van der Waals surface area contributed by atoms with Crippen molar-refractivity contribution in [2.24, 2.45) is 23.7 Å². The van der Waals surface area contributed by atoms with Crippen LogP contribution in [0.5, 0.6) is 0 Å². The third-order valence-corrected chi connectivity index (χ3v) is 4.96. The number of halogens is 4. The van der Waals surface area contributed by atoms with Gasteiger partial charge in [-0.2, -0.15) is 13.2 Å². The summed E-state index contributed by atoms with van der Waals surface area (Å²) in [7, 11) is 0. The van der Waals surface area contributed by atoms with E-state index in [9.17, 15) is 17.6 Å². The lowest BCUT2D eigenvalue weighted by Crippen LogP contribution is -2.39. The molecule has 106 valence electrons. The normalized spacial score (nSPS) is 42.8. The molecule has 2 aliphatic carbocycles. The first kappa shape index (κ1) is 14.1. The second kappa shape index (κ2) is 5.38. The Bertz CT molecular complexity index is 265. The van der Waals surface area contributed by atoms with E-state index >= 15 is 0 Å². The molecule has 4 heteroatoms. The molecule has 0 aromatic heterocycles. The van der Waals surface area contributed by atoms with Gasteiger partial charge in [0.25, 0.3) is 0 Å². The quantitative estimate of drug-likeness (QED) is 0.577. The summed E-state index contributed by atoms with van der Waals surface area (Å²) >= 11 is 0. The SMILES string of the molecule is CC1CCC(C2CCC(C(F)(F)F)C(F)C2)CC1. The van der Waals surface area contributed by atoms with Crippen LogP contribution in [0.25, 0.3) is 0 Å². The number of rotatable bonds is 1. The third-order valence-electron chi connectivity index (χ3n) is 4.96. The van der Waals surface area contributed by atoms with Crippen molar-refractivity contribution in [2.75, 3.05) is 0 Å². The Balaban J connectivity index is 1.88. The maximum Gasteiger partial charge on any atom is 0.394 e. The summed E-state index contributed by atoms with van der Waals surface area (Å²) in [5.41, 5.74) is 0. The van der Waals surface area contributed by atoms with Gasteiger partial charge in [0.2, 0.25) is 0 Å². The van der Waals surface area contributed by atoms with Gasteiger partial charge in [0.15, 0.2) is 0 Å². The Hall–Kier alpha value is -0.280. The van der Waals surface area contributed by atoms with E-state index in [1.807, 2.05) is 0 Å². The molecule has 0 spiro atoms. The van der Waals surface area contributed by atoms with E-state index in [1.54, 1.807) is 0 Å². The molecule has 0 N–H and O–H groups in total. The molecule has 0 bridgehead atoms. The van der Waals surface area contributed by atoms with E-state index < -0.39 is 18.3 Å². The molecule has 0 heterocycles. The van der Waals surface area contributed by atoms with Crippen LogP contribution in [-0.2, 0) is 0 Å².